The highest BCUT2D eigenvalue weighted by molar-refractivity contribution is 6.06. The first-order chi connectivity index (χ1) is 10.2. The maximum Gasteiger partial charge on any atom is 0.267 e. The Kier molecular flexibility index (Phi) is 4.73. The molecule has 0 aliphatic carbocycles. The van der Waals surface area contributed by atoms with Crippen molar-refractivity contribution in [2.45, 2.75) is 6.92 Å². The molecule has 0 atom stereocenters. The molecule has 0 aromatic heterocycles. The fourth-order valence-corrected chi connectivity index (χ4v) is 1.75. The smallest absolute Gasteiger partial charge is 0.267 e. The molecule has 2 rings (SSSR count). The molecule has 1 amide bonds. The SMILES string of the molecule is Cc1ccccc1N/C=C(\C#N)C(=O)Nc1ccccc1. The van der Waals surface area contributed by atoms with Crippen molar-refractivity contribution in [1.82, 2.24) is 0 Å². The Morgan fingerprint density at radius 3 is 2.43 bits per heavy atom. The summed E-state index contributed by atoms with van der Waals surface area (Å²) >= 11 is 0. The minimum atomic E-state index is -0.440. The lowest BCUT2D eigenvalue weighted by Crippen LogP contribution is -2.14. The Bertz CT molecular complexity index is 699. The number of carbonyl (C=O) groups is 1. The number of aryl methyl sites for hydroxylation is 1. The van der Waals surface area contributed by atoms with E-state index in [4.69, 9.17) is 5.26 Å². The molecule has 0 fully saturated rings. The molecule has 104 valence electrons. The van der Waals surface area contributed by atoms with Gasteiger partial charge in [0.1, 0.15) is 11.6 Å². The van der Waals surface area contributed by atoms with Gasteiger partial charge in [0, 0.05) is 17.6 Å². The highest BCUT2D eigenvalue weighted by atomic mass is 16.1. The van der Waals surface area contributed by atoms with Gasteiger partial charge in [-0.1, -0.05) is 36.4 Å². The lowest BCUT2D eigenvalue weighted by Gasteiger charge is -2.06. The second-order valence-electron chi connectivity index (χ2n) is 4.45. The first kappa shape index (κ1) is 14.4. The van der Waals surface area contributed by atoms with Crippen LogP contribution in [-0.4, -0.2) is 5.91 Å². The molecular weight excluding hydrogens is 262 g/mol. The Balaban J connectivity index is 2.09. The molecule has 0 spiro atoms. The first-order valence-electron chi connectivity index (χ1n) is 6.49. The maximum absolute atomic E-state index is 12.0. The molecule has 4 nitrogen and oxygen atoms in total. The summed E-state index contributed by atoms with van der Waals surface area (Å²) in [4.78, 5) is 12.0. The van der Waals surface area contributed by atoms with Gasteiger partial charge in [-0.15, -0.1) is 0 Å². The number of nitrogens with zero attached hydrogens (tertiary/aromatic N) is 1. The summed E-state index contributed by atoms with van der Waals surface area (Å²) in [6.45, 7) is 1.95. The average molecular weight is 277 g/mol. The highest BCUT2D eigenvalue weighted by Gasteiger charge is 2.09. The van der Waals surface area contributed by atoms with Gasteiger partial charge in [0.25, 0.3) is 5.91 Å². The normalized spacial score (nSPS) is 10.6. The summed E-state index contributed by atoms with van der Waals surface area (Å²) in [6, 6.07) is 18.6. The van der Waals surface area contributed by atoms with Gasteiger partial charge in [0.2, 0.25) is 0 Å². The maximum atomic E-state index is 12.0. The highest BCUT2D eigenvalue weighted by Crippen LogP contribution is 2.14. The van der Waals surface area contributed by atoms with Crippen LogP contribution in [0.4, 0.5) is 11.4 Å². The second kappa shape index (κ2) is 6.92. The van der Waals surface area contributed by atoms with Gasteiger partial charge in [-0.3, -0.25) is 4.79 Å². The molecule has 21 heavy (non-hydrogen) atoms. The Morgan fingerprint density at radius 2 is 1.76 bits per heavy atom. The van der Waals surface area contributed by atoms with Crippen molar-refractivity contribution in [3.05, 3.63) is 71.9 Å². The van der Waals surface area contributed by atoms with E-state index in [9.17, 15) is 4.79 Å². The van der Waals surface area contributed by atoms with Crippen LogP contribution in [0.1, 0.15) is 5.56 Å². The number of para-hydroxylation sites is 2. The third-order valence-electron chi connectivity index (χ3n) is 2.91. The van der Waals surface area contributed by atoms with Gasteiger partial charge >= 0.3 is 0 Å². The zero-order valence-electron chi connectivity index (χ0n) is 11.6. The van der Waals surface area contributed by atoms with Gasteiger partial charge in [0.15, 0.2) is 0 Å². The lowest BCUT2D eigenvalue weighted by molar-refractivity contribution is -0.112. The van der Waals surface area contributed by atoms with Gasteiger partial charge in [-0.2, -0.15) is 5.26 Å². The fourth-order valence-electron chi connectivity index (χ4n) is 1.75. The summed E-state index contributed by atoms with van der Waals surface area (Å²) in [5.74, 6) is -0.440. The lowest BCUT2D eigenvalue weighted by atomic mass is 10.2. The summed E-state index contributed by atoms with van der Waals surface area (Å²) in [7, 11) is 0. The molecule has 0 saturated heterocycles. The number of rotatable bonds is 4. The van der Waals surface area contributed by atoms with Crippen molar-refractivity contribution in [2.24, 2.45) is 0 Å². The zero-order valence-corrected chi connectivity index (χ0v) is 11.6. The molecule has 0 heterocycles. The largest absolute Gasteiger partial charge is 0.360 e. The van der Waals surface area contributed by atoms with Crippen molar-refractivity contribution in [3.63, 3.8) is 0 Å². The van der Waals surface area contributed by atoms with E-state index in [-0.39, 0.29) is 5.57 Å². The van der Waals surface area contributed by atoms with Crippen molar-refractivity contribution >= 4 is 17.3 Å². The summed E-state index contributed by atoms with van der Waals surface area (Å²) in [5, 5.41) is 14.8. The third-order valence-corrected chi connectivity index (χ3v) is 2.91. The fraction of sp³-hybridized carbons (Fsp3) is 0.0588. The van der Waals surface area contributed by atoms with Crippen LogP contribution in [0.5, 0.6) is 0 Å². The summed E-state index contributed by atoms with van der Waals surface area (Å²) < 4.78 is 0. The molecular formula is C17H15N3O. The van der Waals surface area contributed by atoms with E-state index in [1.54, 1.807) is 12.1 Å². The number of nitrogens with one attached hydrogen (secondary N) is 2. The predicted octanol–water partition coefficient (Wildman–Crippen LogP) is 3.45. The van der Waals surface area contributed by atoms with Crippen LogP contribution in [0.25, 0.3) is 0 Å². The first-order valence-corrected chi connectivity index (χ1v) is 6.49. The molecule has 2 N–H and O–H groups in total. The van der Waals surface area contributed by atoms with E-state index in [1.807, 2.05) is 55.5 Å². The van der Waals surface area contributed by atoms with Crippen LogP contribution in [0.2, 0.25) is 0 Å². The monoisotopic (exact) mass is 277 g/mol. The van der Waals surface area contributed by atoms with E-state index >= 15 is 0 Å². The predicted molar refractivity (Wildman–Crippen MR) is 83.6 cm³/mol. The minimum Gasteiger partial charge on any atom is -0.360 e. The third kappa shape index (κ3) is 3.95. The number of benzene rings is 2. The van der Waals surface area contributed by atoms with E-state index in [0.717, 1.165) is 11.3 Å². The summed E-state index contributed by atoms with van der Waals surface area (Å²) in [6.07, 6.45) is 1.42. The Labute approximate surface area is 123 Å². The Morgan fingerprint density at radius 1 is 1.10 bits per heavy atom. The molecule has 0 aliphatic rings. The van der Waals surface area contributed by atoms with Crippen LogP contribution >= 0.6 is 0 Å². The summed E-state index contributed by atoms with van der Waals surface area (Å²) in [5.41, 5.74) is 2.56. The molecule has 2 aromatic carbocycles. The Hall–Kier alpha value is -3.06. The zero-order chi connectivity index (χ0) is 15.1. The van der Waals surface area contributed by atoms with Crippen molar-refractivity contribution in [2.75, 3.05) is 10.6 Å². The van der Waals surface area contributed by atoms with Crippen LogP contribution in [-0.2, 0) is 4.79 Å². The van der Waals surface area contributed by atoms with Crippen LogP contribution in [0.15, 0.2) is 66.4 Å². The van der Waals surface area contributed by atoms with Crippen molar-refractivity contribution < 1.29 is 4.79 Å². The second-order valence-corrected chi connectivity index (χ2v) is 4.45. The van der Waals surface area contributed by atoms with Crippen LogP contribution < -0.4 is 10.6 Å². The van der Waals surface area contributed by atoms with Gasteiger partial charge < -0.3 is 10.6 Å². The molecule has 0 aliphatic heterocycles. The van der Waals surface area contributed by atoms with E-state index < -0.39 is 5.91 Å². The molecule has 4 heteroatoms. The van der Waals surface area contributed by atoms with Crippen LogP contribution in [0.3, 0.4) is 0 Å². The number of carbonyl (C=O) groups excluding carboxylic acids is 1. The topological polar surface area (TPSA) is 64.9 Å². The molecule has 2 aromatic rings. The van der Waals surface area contributed by atoms with Gasteiger partial charge in [0.05, 0.1) is 0 Å². The molecule has 0 saturated carbocycles. The van der Waals surface area contributed by atoms with E-state index in [1.165, 1.54) is 6.20 Å². The van der Waals surface area contributed by atoms with E-state index in [0.29, 0.717) is 5.69 Å². The van der Waals surface area contributed by atoms with E-state index in [2.05, 4.69) is 10.6 Å². The van der Waals surface area contributed by atoms with Crippen molar-refractivity contribution in [1.29, 1.82) is 5.26 Å². The number of hydrogen-bond acceptors (Lipinski definition) is 3. The van der Waals surface area contributed by atoms with Gasteiger partial charge in [-0.25, -0.2) is 0 Å². The standard InChI is InChI=1S/C17H15N3O/c1-13-7-5-6-10-16(13)19-12-14(11-18)17(21)20-15-8-3-2-4-9-15/h2-10,12,19H,1H3,(H,20,21)/b14-12+. The number of nitriles is 1. The average Bonchev–Trinajstić information content (AvgIpc) is 2.50. The van der Waals surface area contributed by atoms with Crippen molar-refractivity contribution in [3.8, 4) is 6.07 Å². The number of anilines is 2. The molecule has 0 bridgehead atoms. The van der Waals surface area contributed by atoms with Crippen LogP contribution in [0, 0.1) is 18.3 Å². The number of hydrogen-bond donors (Lipinski definition) is 2. The molecule has 0 unspecified atom stereocenters. The van der Waals surface area contributed by atoms with Gasteiger partial charge in [-0.05, 0) is 30.7 Å². The number of amides is 1. The quantitative estimate of drug-likeness (QED) is 0.664. The molecule has 0 radical (unpaired) electrons. The minimum absolute atomic E-state index is 0.0158.